The Hall–Kier alpha value is -2.02. The molecule has 1 heterocycles. The van der Waals surface area contributed by atoms with E-state index in [2.05, 4.69) is 10.3 Å². The van der Waals surface area contributed by atoms with E-state index in [1.807, 2.05) is 26.8 Å². The Labute approximate surface area is 183 Å². The number of carbonyl (C=O) groups is 1. The van der Waals surface area contributed by atoms with E-state index < -0.39 is 0 Å². The zero-order valence-corrected chi connectivity index (χ0v) is 18.6. The number of amides is 1. The number of aromatic nitrogens is 2. The molecule has 0 saturated heterocycles. The highest BCUT2D eigenvalue weighted by molar-refractivity contribution is 8.00. The maximum absolute atomic E-state index is 13.3. The number of carbonyl (C=O) groups excluding carboxylic acids is 1. The number of rotatable bonds is 6. The summed E-state index contributed by atoms with van der Waals surface area (Å²) in [5.41, 5.74) is 0.898. The lowest BCUT2D eigenvalue weighted by atomic mass is 10.2. The van der Waals surface area contributed by atoms with Crippen molar-refractivity contribution >= 4 is 51.8 Å². The number of para-hydroxylation sites is 1. The van der Waals surface area contributed by atoms with Gasteiger partial charge in [-0.2, -0.15) is 0 Å². The van der Waals surface area contributed by atoms with Crippen molar-refractivity contribution in [2.45, 2.75) is 43.6 Å². The van der Waals surface area contributed by atoms with Crippen molar-refractivity contribution in [2.24, 2.45) is 0 Å². The van der Waals surface area contributed by atoms with Crippen LogP contribution in [0.5, 0.6) is 0 Å². The minimum Gasteiger partial charge on any atom is -0.353 e. The molecule has 1 atom stereocenters. The number of hydrogen-bond acceptors (Lipinski definition) is 4. The molecule has 0 bridgehead atoms. The largest absolute Gasteiger partial charge is 0.353 e. The molecule has 0 radical (unpaired) electrons. The Morgan fingerprint density at radius 3 is 2.55 bits per heavy atom. The van der Waals surface area contributed by atoms with E-state index in [-0.39, 0.29) is 22.8 Å². The molecule has 152 valence electrons. The molecule has 8 heteroatoms. The summed E-state index contributed by atoms with van der Waals surface area (Å²) in [7, 11) is 0. The van der Waals surface area contributed by atoms with Gasteiger partial charge in [0, 0.05) is 6.04 Å². The molecule has 2 aromatic carbocycles. The van der Waals surface area contributed by atoms with Gasteiger partial charge in [0.05, 0.1) is 31.9 Å². The van der Waals surface area contributed by atoms with Gasteiger partial charge in [0.2, 0.25) is 5.91 Å². The highest BCUT2D eigenvalue weighted by Gasteiger charge is 2.23. The van der Waals surface area contributed by atoms with Crippen molar-refractivity contribution in [3.8, 4) is 5.69 Å². The fourth-order valence-electron chi connectivity index (χ4n) is 2.87. The van der Waals surface area contributed by atoms with Gasteiger partial charge in [-0.05, 0) is 50.6 Å². The summed E-state index contributed by atoms with van der Waals surface area (Å²) in [6.45, 7) is 5.75. The van der Waals surface area contributed by atoms with Crippen LogP contribution in [0.25, 0.3) is 16.6 Å². The van der Waals surface area contributed by atoms with Crippen LogP contribution in [0, 0.1) is 0 Å². The first-order chi connectivity index (χ1) is 13.8. The molecule has 0 aliphatic rings. The summed E-state index contributed by atoms with van der Waals surface area (Å²) in [6.07, 6.45) is 0.591. The zero-order valence-electron chi connectivity index (χ0n) is 16.3. The number of nitrogens with zero attached hydrogens (tertiary/aromatic N) is 2. The second kappa shape index (κ2) is 9.20. The van der Waals surface area contributed by atoms with E-state index in [9.17, 15) is 9.59 Å². The molecular formula is C21H21Cl2N3O2S. The van der Waals surface area contributed by atoms with E-state index >= 15 is 0 Å². The number of fused-ring (bicyclic) bond motifs is 1. The first-order valence-electron chi connectivity index (χ1n) is 9.26. The standard InChI is InChI=1S/C21H21Cl2N3O2S/c1-4-18(19(27)24-12(2)3)29-21-25-17-8-6-5-7-14(17)20(28)26(21)13-9-10-15(22)16(23)11-13/h5-12,18H,4H2,1-3H3,(H,24,27). The second-order valence-corrected chi connectivity index (χ2v) is 8.81. The number of thioether (sulfide) groups is 1. The van der Waals surface area contributed by atoms with Crippen molar-refractivity contribution in [1.82, 2.24) is 14.9 Å². The number of halogens is 2. The Balaban J connectivity index is 2.17. The van der Waals surface area contributed by atoms with Gasteiger partial charge in [0.25, 0.3) is 5.56 Å². The normalized spacial score (nSPS) is 12.3. The first kappa shape index (κ1) is 21.7. The van der Waals surface area contributed by atoms with Gasteiger partial charge in [-0.25, -0.2) is 4.98 Å². The van der Waals surface area contributed by atoms with Gasteiger partial charge >= 0.3 is 0 Å². The van der Waals surface area contributed by atoms with Crippen molar-refractivity contribution in [1.29, 1.82) is 0 Å². The molecule has 1 aromatic heterocycles. The van der Waals surface area contributed by atoms with E-state index in [4.69, 9.17) is 23.2 Å². The van der Waals surface area contributed by atoms with Crippen LogP contribution in [0.4, 0.5) is 0 Å². The van der Waals surface area contributed by atoms with Crippen LogP contribution < -0.4 is 10.9 Å². The smallest absolute Gasteiger partial charge is 0.266 e. The molecule has 5 nitrogen and oxygen atoms in total. The third-order valence-electron chi connectivity index (χ3n) is 4.25. The minimum absolute atomic E-state index is 0.0268. The third-order valence-corrected chi connectivity index (χ3v) is 6.30. The van der Waals surface area contributed by atoms with Crippen LogP contribution in [0.2, 0.25) is 10.0 Å². The maximum Gasteiger partial charge on any atom is 0.266 e. The number of benzene rings is 2. The van der Waals surface area contributed by atoms with Crippen molar-refractivity contribution in [2.75, 3.05) is 0 Å². The summed E-state index contributed by atoms with van der Waals surface area (Å²) in [4.78, 5) is 30.6. The lowest BCUT2D eigenvalue weighted by Gasteiger charge is -2.19. The summed E-state index contributed by atoms with van der Waals surface area (Å²) < 4.78 is 1.49. The van der Waals surface area contributed by atoms with Gasteiger partial charge in [0.15, 0.2) is 5.16 Å². The monoisotopic (exact) mass is 449 g/mol. The Morgan fingerprint density at radius 2 is 1.90 bits per heavy atom. The van der Waals surface area contributed by atoms with Crippen LogP contribution in [0.15, 0.2) is 52.4 Å². The van der Waals surface area contributed by atoms with Gasteiger partial charge in [0.1, 0.15) is 0 Å². The molecule has 3 rings (SSSR count). The average molecular weight is 450 g/mol. The van der Waals surface area contributed by atoms with E-state index in [1.165, 1.54) is 16.3 Å². The van der Waals surface area contributed by atoms with Crippen LogP contribution in [0.3, 0.4) is 0 Å². The highest BCUT2D eigenvalue weighted by atomic mass is 35.5. The molecule has 0 aliphatic carbocycles. The van der Waals surface area contributed by atoms with Gasteiger partial charge in [-0.15, -0.1) is 0 Å². The SMILES string of the molecule is CCC(Sc1nc2ccccc2c(=O)n1-c1ccc(Cl)c(Cl)c1)C(=O)NC(C)C. The Morgan fingerprint density at radius 1 is 1.17 bits per heavy atom. The molecular weight excluding hydrogens is 429 g/mol. The lowest BCUT2D eigenvalue weighted by Crippen LogP contribution is -2.37. The molecule has 1 amide bonds. The summed E-state index contributed by atoms with van der Waals surface area (Å²) >= 11 is 13.5. The lowest BCUT2D eigenvalue weighted by molar-refractivity contribution is -0.121. The maximum atomic E-state index is 13.3. The van der Waals surface area contributed by atoms with Crippen LogP contribution in [-0.2, 0) is 4.79 Å². The van der Waals surface area contributed by atoms with Gasteiger partial charge in [-0.1, -0.05) is 54.0 Å². The molecule has 1 unspecified atom stereocenters. The average Bonchev–Trinajstić information content (AvgIpc) is 2.68. The third kappa shape index (κ3) is 4.77. The zero-order chi connectivity index (χ0) is 21.1. The molecule has 0 spiro atoms. The van der Waals surface area contributed by atoms with Crippen LogP contribution in [0.1, 0.15) is 27.2 Å². The summed E-state index contributed by atoms with van der Waals surface area (Å²) in [5.74, 6) is -0.0874. The molecule has 1 N–H and O–H groups in total. The Bertz CT molecular complexity index is 1110. The molecule has 29 heavy (non-hydrogen) atoms. The molecule has 3 aromatic rings. The summed E-state index contributed by atoms with van der Waals surface area (Å²) in [6, 6.07) is 12.1. The summed E-state index contributed by atoms with van der Waals surface area (Å²) in [5, 5.41) is 4.19. The van der Waals surface area contributed by atoms with E-state index in [0.29, 0.717) is 38.2 Å². The van der Waals surface area contributed by atoms with E-state index in [0.717, 1.165) is 0 Å². The number of hydrogen-bond donors (Lipinski definition) is 1. The highest BCUT2D eigenvalue weighted by Crippen LogP contribution is 2.29. The minimum atomic E-state index is -0.389. The van der Waals surface area contributed by atoms with Gasteiger partial charge < -0.3 is 5.32 Å². The topological polar surface area (TPSA) is 64.0 Å². The van der Waals surface area contributed by atoms with Gasteiger partial charge in [-0.3, -0.25) is 14.2 Å². The van der Waals surface area contributed by atoms with E-state index in [1.54, 1.807) is 36.4 Å². The van der Waals surface area contributed by atoms with Crippen molar-refractivity contribution in [3.63, 3.8) is 0 Å². The molecule has 0 aliphatic heterocycles. The molecule has 0 saturated carbocycles. The van der Waals surface area contributed by atoms with Crippen LogP contribution in [-0.4, -0.2) is 26.8 Å². The van der Waals surface area contributed by atoms with Crippen molar-refractivity contribution in [3.05, 3.63) is 62.9 Å². The van der Waals surface area contributed by atoms with Crippen molar-refractivity contribution < 1.29 is 4.79 Å². The molecule has 0 fully saturated rings. The fourth-order valence-corrected chi connectivity index (χ4v) is 4.20. The quantitative estimate of drug-likeness (QED) is 0.420. The number of nitrogens with one attached hydrogen (secondary N) is 1. The van der Waals surface area contributed by atoms with Crippen LogP contribution >= 0.6 is 35.0 Å². The predicted octanol–water partition coefficient (Wildman–Crippen LogP) is 5.09. The predicted molar refractivity (Wildman–Crippen MR) is 121 cm³/mol. The fraction of sp³-hybridized carbons (Fsp3) is 0.286. The Kier molecular flexibility index (Phi) is 6.88. The first-order valence-corrected chi connectivity index (χ1v) is 10.9. The second-order valence-electron chi connectivity index (χ2n) is 6.83.